The normalized spacial score (nSPS) is 11.7. The summed E-state index contributed by atoms with van der Waals surface area (Å²) in [5, 5.41) is 12.1. The summed E-state index contributed by atoms with van der Waals surface area (Å²) in [6.07, 6.45) is 0. The van der Waals surface area contributed by atoms with E-state index in [1.165, 1.54) is 5.56 Å². The van der Waals surface area contributed by atoms with Crippen molar-refractivity contribution in [1.82, 2.24) is 5.32 Å². The Balaban J connectivity index is 1.99. The van der Waals surface area contributed by atoms with Crippen LogP contribution in [0.15, 0.2) is 53.0 Å². The molecular weight excluding hydrogens is 328 g/mol. The average molecular weight is 345 g/mol. The van der Waals surface area contributed by atoms with Crippen LogP contribution in [-0.2, 0) is 6.54 Å². The number of nitrogens with zero attached hydrogens (tertiary/aromatic N) is 1. The predicted octanol–water partition coefficient (Wildman–Crippen LogP) is 4.20. The van der Waals surface area contributed by atoms with Gasteiger partial charge in [0.05, 0.1) is 0 Å². The second-order valence-electron chi connectivity index (χ2n) is 4.71. The maximum atomic E-state index is 8.61. The summed E-state index contributed by atoms with van der Waals surface area (Å²) in [5.41, 5.74) is 2.28. The minimum absolute atomic E-state index is 0.0687. The predicted molar refractivity (Wildman–Crippen MR) is 86.9 cm³/mol. The molecule has 0 aliphatic heterocycles. The summed E-state index contributed by atoms with van der Waals surface area (Å²) >= 11 is 3.44. The molecule has 0 aromatic heterocycles. The number of ether oxygens (including phenoxy) is 1. The second kappa shape index (κ2) is 7.82. The quantitative estimate of drug-likeness (QED) is 0.853. The molecule has 0 saturated heterocycles. The number of para-hydroxylation sites is 1. The molecule has 3 nitrogen and oxygen atoms in total. The van der Waals surface area contributed by atoms with Gasteiger partial charge in [-0.15, -0.1) is 0 Å². The van der Waals surface area contributed by atoms with E-state index in [0.29, 0.717) is 6.54 Å². The SMILES string of the molecule is C[C@@H](NCc1ccccc1OCC#N)c1ccc(Br)cc1. The summed E-state index contributed by atoms with van der Waals surface area (Å²) in [6, 6.07) is 18.3. The zero-order valence-electron chi connectivity index (χ0n) is 11.8. The van der Waals surface area contributed by atoms with Gasteiger partial charge in [-0.05, 0) is 30.7 Å². The van der Waals surface area contributed by atoms with Crippen molar-refractivity contribution in [3.8, 4) is 11.8 Å². The van der Waals surface area contributed by atoms with Crippen molar-refractivity contribution in [3.05, 3.63) is 64.1 Å². The molecule has 0 unspecified atom stereocenters. The number of nitriles is 1. The molecule has 0 bridgehead atoms. The Morgan fingerprint density at radius 2 is 1.90 bits per heavy atom. The van der Waals surface area contributed by atoms with Crippen LogP contribution in [-0.4, -0.2) is 6.61 Å². The Labute approximate surface area is 133 Å². The van der Waals surface area contributed by atoms with Gasteiger partial charge in [0, 0.05) is 22.6 Å². The van der Waals surface area contributed by atoms with Crippen LogP contribution in [0.1, 0.15) is 24.1 Å². The number of hydrogen-bond donors (Lipinski definition) is 1. The second-order valence-corrected chi connectivity index (χ2v) is 5.62. The van der Waals surface area contributed by atoms with E-state index in [2.05, 4.69) is 40.3 Å². The van der Waals surface area contributed by atoms with Crippen molar-refractivity contribution >= 4 is 15.9 Å². The van der Waals surface area contributed by atoms with Crippen LogP contribution in [0.25, 0.3) is 0 Å². The molecule has 0 radical (unpaired) electrons. The molecule has 0 aliphatic rings. The third-order valence-corrected chi connectivity index (χ3v) is 3.76. The van der Waals surface area contributed by atoms with Gasteiger partial charge in [-0.2, -0.15) is 5.26 Å². The average Bonchev–Trinajstić information content (AvgIpc) is 2.52. The zero-order chi connectivity index (χ0) is 15.1. The fourth-order valence-corrected chi connectivity index (χ4v) is 2.30. The van der Waals surface area contributed by atoms with E-state index in [1.807, 2.05) is 42.5 Å². The molecule has 0 amide bonds. The first-order valence-corrected chi connectivity index (χ1v) is 7.56. The van der Waals surface area contributed by atoms with Crippen LogP contribution in [0.4, 0.5) is 0 Å². The van der Waals surface area contributed by atoms with Gasteiger partial charge in [-0.1, -0.05) is 46.3 Å². The minimum atomic E-state index is 0.0687. The number of halogens is 1. The first-order chi connectivity index (χ1) is 10.2. The van der Waals surface area contributed by atoms with Crippen molar-refractivity contribution in [2.75, 3.05) is 6.61 Å². The molecule has 0 spiro atoms. The summed E-state index contributed by atoms with van der Waals surface area (Å²) in [6.45, 7) is 2.89. The summed E-state index contributed by atoms with van der Waals surface area (Å²) in [5.74, 6) is 0.759. The Hall–Kier alpha value is -1.83. The van der Waals surface area contributed by atoms with Crippen LogP contribution in [0, 0.1) is 11.3 Å². The van der Waals surface area contributed by atoms with Gasteiger partial charge in [0.1, 0.15) is 11.8 Å². The monoisotopic (exact) mass is 344 g/mol. The maximum absolute atomic E-state index is 8.61. The summed E-state index contributed by atoms with van der Waals surface area (Å²) in [7, 11) is 0. The standard InChI is InChI=1S/C17H17BrN2O/c1-13(14-6-8-16(18)9-7-14)20-12-15-4-2-3-5-17(15)21-11-10-19/h2-9,13,20H,11-12H2,1H3/t13-/m1/s1. The largest absolute Gasteiger partial charge is 0.478 e. The van der Waals surface area contributed by atoms with Crippen LogP contribution >= 0.6 is 15.9 Å². The minimum Gasteiger partial charge on any atom is -0.478 e. The lowest BCUT2D eigenvalue weighted by atomic mass is 10.1. The van der Waals surface area contributed by atoms with E-state index in [-0.39, 0.29) is 12.6 Å². The molecule has 1 atom stereocenters. The number of nitrogens with one attached hydrogen (secondary N) is 1. The van der Waals surface area contributed by atoms with Gasteiger partial charge < -0.3 is 10.1 Å². The van der Waals surface area contributed by atoms with E-state index in [4.69, 9.17) is 10.00 Å². The fraction of sp³-hybridized carbons (Fsp3) is 0.235. The van der Waals surface area contributed by atoms with Crippen molar-refractivity contribution < 1.29 is 4.74 Å². The van der Waals surface area contributed by atoms with Gasteiger partial charge >= 0.3 is 0 Å². The van der Waals surface area contributed by atoms with E-state index in [0.717, 1.165) is 15.8 Å². The maximum Gasteiger partial charge on any atom is 0.174 e. The van der Waals surface area contributed by atoms with Crippen LogP contribution < -0.4 is 10.1 Å². The zero-order valence-corrected chi connectivity index (χ0v) is 13.4. The van der Waals surface area contributed by atoms with E-state index < -0.39 is 0 Å². The van der Waals surface area contributed by atoms with Gasteiger partial charge in [0.2, 0.25) is 0 Å². The Morgan fingerprint density at radius 3 is 2.62 bits per heavy atom. The highest BCUT2D eigenvalue weighted by Gasteiger charge is 2.07. The number of hydrogen-bond acceptors (Lipinski definition) is 3. The first-order valence-electron chi connectivity index (χ1n) is 6.77. The molecule has 4 heteroatoms. The third kappa shape index (κ3) is 4.59. The Morgan fingerprint density at radius 1 is 1.19 bits per heavy atom. The van der Waals surface area contributed by atoms with Gasteiger partial charge in [0.25, 0.3) is 0 Å². The molecule has 0 saturated carbocycles. The molecule has 0 fully saturated rings. The molecule has 21 heavy (non-hydrogen) atoms. The Kier molecular flexibility index (Phi) is 5.79. The van der Waals surface area contributed by atoms with Gasteiger partial charge in [-0.25, -0.2) is 0 Å². The summed E-state index contributed by atoms with van der Waals surface area (Å²) in [4.78, 5) is 0. The summed E-state index contributed by atoms with van der Waals surface area (Å²) < 4.78 is 6.51. The van der Waals surface area contributed by atoms with Crippen molar-refractivity contribution in [3.63, 3.8) is 0 Å². The molecule has 2 aromatic carbocycles. The third-order valence-electron chi connectivity index (χ3n) is 3.23. The highest BCUT2D eigenvalue weighted by Crippen LogP contribution is 2.20. The van der Waals surface area contributed by atoms with Gasteiger partial charge in [0.15, 0.2) is 6.61 Å². The smallest absolute Gasteiger partial charge is 0.174 e. The molecule has 2 aromatic rings. The van der Waals surface area contributed by atoms with Crippen LogP contribution in [0.3, 0.4) is 0 Å². The van der Waals surface area contributed by atoms with Crippen molar-refractivity contribution in [2.45, 2.75) is 19.5 Å². The molecule has 0 aliphatic carbocycles. The van der Waals surface area contributed by atoms with E-state index >= 15 is 0 Å². The van der Waals surface area contributed by atoms with E-state index in [1.54, 1.807) is 0 Å². The fourth-order valence-electron chi connectivity index (χ4n) is 2.03. The first kappa shape index (κ1) is 15.6. The number of benzene rings is 2. The topological polar surface area (TPSA) is 45.0 Å². The molecule has 2 rings (SSSR count). The van der Waals surface area contributed by atoms with Crippen molar-refractivity contribution in [2.24, 2.45) is 0 Å². The highest BCUT2D eigenvalue weighted by molar-refractivity contribution is 9.10. The van der Waals surface area contributed by atoms with Gasteiger partial charge in [-0.3, -0.25) is 0 Å². The lowest BCUT2D eigenvalue weighted by molar-refractivity contribution is 0.361. The lowest BCUT2D eigenvalue weighted by Gasteiger charge is -2.16. The van der Waals surface area contributed by atoms with E-state index in [9.17, 15) is 0 Å². The van der Waals surface area contributed by atoms with Crippen molar-refractivity contribution in [1.29, 1.82) is 5.26 Å². The Bertz CT molecular complexity index is 619. The number of rotatable bonds is 6. The van der Waals surface area contributed by atoms with Crippen LogP contribution in [0.5, 0.6) is 5.75 Å². The molecule has 0 heterocycles. The highest BCUT2D eigenvalue weighted by atomic mass is 79.9. The molecular formula is C17H17BrN2O. The van der Waals surface area contributed by atoms with Crippen LogP contribution in [0.2, 0.25) is 0 Å². The molecule has 1 N–H and O–H groups in total. The molecule has 108 valence electrons. The lowest BCUT2D eigenvalue weighted by Crippen LogP contribution is -2.18.